The lowest BCUT2D eigenvalue weighted by Gasteiger charge is -2.27. The smallest absolute Gasteiger partial charge is 0.248 e. The Labute approximate surface area is 141 Å². The zero-order valence-corrected chi connectivity index (χ0v) is 14.2. The lowest BCUT2D eigenvalue weighted by Crippen LogP contribution is -2.31. The summed E-state index contributed by atoms with van der Waals surface area (Å²) < 4.78 is 2.51. The second-order valence-electron chi connectivity index (χ2n) is 5.40. The van der Waals surface area contributed by atoms with Gasteiger partial charge in [0.1, 0.15) is 12.1 Å². The number of anilines is 1. The van der Waals surface area contributed by atoms with Crippen LogP contribution in [-0.2, 0) is 4.79 Å². The minimum Gasteiger partial charge on any atom is -0.385 e. The number of aliphatic hydroxyl groups is 1. The van der Waals surface area contributed by atoms with Gasteiger partial charge in [-0.15, -0.1) is 0 Å². The van der Waals surface area contributed by atoms with E-state index in [1.54, 1.807) is 18.5 Å². The molecule has 0 bridgehead atoms. The van der Waals surface area contributed by atoms with Gasteiger partial charge < -0.3 is 16.2 Å². The summed E-state index contributed by atoms with van der Waals surface area (Å²) in [6.07, 6.45) is -0.808. The molecule has 1 aromatic heterocycles. The Balaban J connectivity index is 2.19. The number of hydrogen-bond acceptors (Lipinski definition) is 5. The molecular formula is C15H16BrN5O2. The SMILES string of the molecule is CC1=C(C(N)=O)[C@@H](c2ccc(Br)cc2)n2nc([C@@H](C)O)nc2N1. The van der Waals surface area contributed by atoms with Crippen LogP contribution in [-0.4, -0.2) is 25.8 Å². The van der Waals surface area contributed by atoms with Crippen LogP contribution in [0.3, 0.4) is 0 Å². The third-order valence-corrected chi connectivity index (χ3v) is 4.22. The molecule has 0 spiro atoms. The molecule has 8 heteroatoms. The summed E-state index contributed by atoms with van der Waals surface area (Å²) in [5.41, 5.74) is 7.48. The number of nitrogens with zero attached hydrogens (tertiary/aromatic N) is 3. The number of nitrogens with one attached hydrogen (secondary N) is 1. The third-order valence-electron chi connectivity index (χ3n) is 3.69. The number of halogens is 1. The van der Waals surface area contributed by atoms with Crippen molar-refractivity contribution < 1.29 is 9.90 Å². The number of carbonyl (C=O) groups is 1. The van der Waals surface area contributed by atoms with Crippen LogP contribution in [0, 0.1) is 0 Å². The molecule has 4 N–H and O–H groups in total. The zero-order chi connectivity index (χ0) is 16.7. The van der Waals surface area contributed by atoms with Crippen molar-refractivity contribution in [3.63, 3.8) is 0 Å². The highest BCUT2D eigenvalue weighted by molar-refractivity contribution is 9.10. The van der Waals surface area contributed by atoms with E-state index in [0.29, 0.717) is 17.2 Å². The summed E-state index contributed by atoms with van der Waals surface area (Å²) in [7, 11) is 0. The Morgan fingerprint density at radius 1 is 1.43 bits per heavy atom. The average Bonchev–Trinajstić information content (AvgIpc) is 2.90. The Bertz CT molecular complexity index is 795. The van der Waals surface area contributed by atoms with Gasteiger partial charge in [-0.3, -0.25) is 4.79 Å². The maximum Gasteiger partial charge on any atom is 0.248 e. The molecule has 1 aromatic carbocycles. The summed E-state index contributed by atoms with van der Waals surface area (Å²) in [6, 6.07) is 7.07. The number of allylic oxidation sites excluding steroid dienone is 1. The van der Waals surface area contributed by atoms with Crippen molar-refractivity contribution in [3.8, 4) is 0 Å². The van der Waals surface area contributed by atoms with Gasteiger partial charge in [-0.2, -0.15) is 10.1 Å². The number of carbonyl (C=O) groups excluding carboxylic acids is 1. The van der Waals surface area contributed by atoms with Gasteiger partial charge in [0.05, 0.1) is 5.57 Å². The maximum atomic E-state index is 12.0. The van der Waals surface area contributed by atoms with E-state index in [2.05, 4.69) is 31.3 Å². The van der Waals surface area contributed by atoms with Crippen molar-refractivity contribution in [1.82, 2.24) is 14.8 Å². The van der Waals surface area contributed by atoms with E-state index in [4.69, 9.17) is 5.73 Å². The van der Waals surface area contributed by atoms with E-state index in [1.165, 1.54) is 0 Å². The number of primary amides is 1. The molecule has 23 heavy (non-hydrogen) atoms. The molecule has 0 aliphatic carbocycles. The van der Waals surface area contributed by atoms with Crippen LogP contribution in [0.4, 0.5) is 5.95 Å². The molecule has 0 saturated heterocycles. The molecule has 7 nitrogen and oxygen atoms in total. The molecule has 2 atom stereocenters. The molecule has 0 saturated carbocycles. The molecule has 1 aliphatic heterocycles. The highest BCUT2D eigenvalue weighted by Gasteiger charge is 2.33. The fourth-order valence-corrected chi connectivity index (χ4v) is 2.88. The number of rotatable bonds is 3. The maximum absolute atomic E-state index is 12.0. The number of benzene rings is 1. The van der Waals surface area contributed by atoms with Crippen molar-refractivity contribution in [3.05, 3.63) is 51.4 Å². The molecule has 120 valence electrons. The minimum absolute atomic E-state index is 0.285. The topological polar surface area (TPSA) is 106 Å². The first kappa shape index (κ1) is 15.7. The van der Waals surface area contributed by atoms with E-state index in [1.807, 2.05) is 24.3 Å². The predicted octanol–water partition coefficient (Wildman–Crippen LogP) is 1.87. The highest BCUT2D eigenvalue weighted by Crippen LogP contribution is 2.35. The number of aromatic nitrogens is 3. The third kappa shape index (κ3) is 2.75. The predicted molar refractivity (Wildman–Crippen MR) is 88.5 cm³/mol. The molecule has 1 amide bonds. The molecule has 0 unspecified atom stereocenters. The van der Waals surface area contributed by atoms with Gasteiger partial charge in [-0.25, -0.2) is 4.68 Å². The molecule has 2 heterocycles. The second-order valence-corrected chi connectivity index (χ2v) is 6.31. The first-order valence-corrected chi connectivity index (χ1v) is 7.85. The van der Waals surface area contributed by atoms with Crippen LogP contribution in [0.1, 0.15) is 37.4 Å². The van der Waals surface area contributed by atoms with Crippen LogP contribution in [0.5, 0.6) is 0 Å². The van der Waals surface area contributed by atoms with Crippen molar-refractivity contribution >= 4 is 27.8 Å². The van der Waals surface area contributed by atoms with E-state index >= 15 is 0 Å². The molecule has 2 aromatic rings. The number of nitrogens with two attached hydrogens (primary N) is 1. The van der Waals surface area contributed by atoms with Gasteiger partial charge in [-0.05, 0) is 31.5 Å². The molecular weight excluding hydrogens is 362 g/mol. The van der Waals surface area contributed by atoms with Crippen LogP contribution in [0.2, 0.25) is 0 Å². The van der Waals surface area contributed by atoms with Gasteiger partial charge >= 0.3 is 0 Å². The lowest BCUT2D eigenvalue weighted by molar-refractivity contribution is -0.115. The first-order chi connectivity index (χ1) is 10.9. The molecule has 3 rings (SSSR count). The monoisotopic (exact) mass is 377 g/mol. The normalized spacial score (nSPS) is 18.3. The van der Waals surface area contributed by atoms with E-state index in [0.717, 1.165) is 10.0 Å². The van der Waals surface area contributed by atoms with E-state index in [-0.39, 0.29) is 5.82 Å². The summed E-state index contributed by atoms with van der Waals surface area (Å²) >= 11 is 3.40. The largest absolute Gasteiger partial charge is 0.385 e. The summed E-state index contributed by atoms with van der Waals surface area (Å²) in [4.78, 5) is 16.3. The quantitative estimate of drug-likeness (QED) is 0.756. The van der Waals surface area contributed by atoms with Gasteiger partial charge in [0, 0.05) is 10.2 Å². The summed E-state index contributed by atoms with van der Waals surface area (Å²) in [5.74, 6) is 0.229. The Morgan fingerprint density at radius 2 is 2.09 bits per heavy atom. The van der Waals surface area contributed by atoms with Crippen LogP contribution >= 0.6 is 15.9 Å². The average molecular weight is 378 g/mol. The standard InChI is InChI=1S/C15H16BrN5O2/c1-7-11(13(17)23)12(9-3-5-10(16)6-4-9)21-15(18-7)19-14(20-21)8(2)22/h3-6,8,12,22H,1-2H3,(H2,17,23)(H,18,19,20)/t8-,12-/m1/s1. The number of hydrogen-bond donors (Lipinski definition) is 3. The molecule has 1 aliphatic rings. The van der Waals surface area contributed by atoms with Gasteiger partial charge in [-0.1, -0.05) is 28.1 Å². The summed E-state index contributed by atoms with van der Waals surface area (Å²) in [5, 5.41) is 17.1. The van der Waals surface area contributed by atoms with Crippen molar-refractivity contribution in [2.45, 2.75) is 26.0 Å². The number of fused-ring (bicyclic) bond motifs is 1. The van der Waals surface area contributed by atoms with Crippen molar-refractivity contribution in [1.29, 1.82) is 0 Å². The Kier molecular flexibility index (Phi) is 3.95. The molecule has 0 radical (unpaired) electrons. The fourth-order valence-electron chi connectivity index (χ4n) is 2.62. The van der Waals surface area contributed by atoms with Crippen LogP contribution in [0.15, 0.2) is 40.0 Å². The van der Waals surface area contributed by atoms with Crippen LogP contribution in [0.25, 0.3) is 0 Å². The highest BCUT2D eigenvalue weighted by atomic mass is 79.9. The van der Waals surface area contributed by atoms with Crippen molar-refractivity contribution in [2.75, 3.05) is 5.32 Å². The lowest BCUT2D eigenvalue weighted by atomic mass is 9.95. The van der Waals surface area contributed by atoms with E-state index in [9.17, 15) is 9.90 Å². The second kappa shape index (κ2) is 5.78. The summed E-state index contributed by atoms with van der Waals surface area (Å²) in [6.45, 7) is 3.36. The Morgan fingerprint density at radius 3 is 2.65 bits per heavy atom. The van der Waals surface area contributed by atoms with Crippen LogP contribution < -0.4 is 11.1 Å². The number of amides is 1. The van der Waals surface area contributed by atoms with Gasteiger partial charge in [0.15, 0.2) is 5.82 Å². The molecule has 0 fully saturated rings. The minimum atomic E-state index is -0.808. The van der Waals surface area contributed by atoms with Gasteiger partial charge in [0.25, 0.3) is 0 Å². The Hall–Kier alpha value is -2.19. The first-order valence-electron chi connectivity index (χ1n) is 7.06. The van der Waals surface area contributed by atoms with E-state index < -0.39 is 18.1 Å². The van der Waals surface area contributed by atoms with Crippen molar-refractivity contribution in [2.24, 2.45) is 5.73 Å². The fraction of sp³-hybridized carbons (Fsp3) is 0.267. The number of aliphatic hydroxyl groups excluding tert-OH is 1. The van der Waals surface area contributed by atoms with Gasteiger partial charge in [0.2, 0.25) is 11.9 Å². The zero-order valence-electron chi connectivity index (χ0n) is 12.6.